The van der Waals surface area contributed by atoms with E-state index in [4.69, 9.17) is 4.74 Å². The monoisotopic (exact) mass is 306 g/mol. The molecule has 3 aliphatic rings. The summed E-state index contributed by atoms with van der Waals surface area (Å²) >= 11 is 0. The summed E-state index contributed by atoms with van der Waals surface area (Å²) < 4.78 is 6.16. The van der Waals surface area contributed by atoms with Gasteiger partial charge in [0.25, 0.3) is 0 Å². The van der Waals surface area contributed by atoms with Crippen LogP contribution in [0.2, 0.25) is 0 Å². The second-order valence-corrected chi connectivity index (χ2v) is 9.39. The molecule has 2 heteroatoms. The molecule has 6 atom stereocenters. The summed E-state index contributed by atoms with van der Waals surface area (Å²) in [5, 5.41) is 0. The van der Waals surface area contributed by atoms with Gasteiger partial charge in [0.1, 0.15) is 5.60 Å². The molecule has 0 saturated heterocycles. The molecule has 0 amide bonds. The third-order valence-electron chi connectivity index (χ3n) is 8.12. The highest BCUT2D eigenvalue weighted by Crippen LogP contribution is 2.73. The molecule has 0 N–H and O–H groups in total. The van der Waals surface area contributed by atoms with Gasteiger partial charge >= 0.3 is 5.97 Å². The zero-order valence-electron chi connectivity index (χ0n) is 15.4. The highest BCUT2D eigenvalue weighted by atomic mass is 16.6. The summed E-state index contributed by atoms with van der Waals surface area (Å²) in [5.74, 6) is 2.23. The lowest BCUT2D eigenvalue weighted by Gasteiger charge is -2.47. The average molecular weight is 306 g/mol. The third-order valence-corrected chi connectivity index (χ3v) is 8.12. The zero-order valence-corrected chi connectivity index (χ0v) is 15.4. The number of rotatable bonds is 3. The van der Waals surface area contributed by atoms with Crippen LogP contribution >= 0.6 is 0 Å². The van der Waals surface area contributed by atoms with Crippen LogP contribution in [0.4, 0.5) is 0 Å². The first-order valence-electron chi connectivity index (χ1n) is 9.40. The number of ether oxygens (including phenoxy) is 1. The van der Waals surface area contributed by atoms with Gasteiger partial charge < -0.3 is 4.74 Å². The van der Waals surface area contributed by atoms with E-state index in [1.807, 2.05) is 6.92 Å². The predicted octanol–water partition coefficient (Wildman–Crippen LogP) is 5.21. The maximum Gasteiger partial charge on any atom is 0.309 e. The second kappa shape index (κ2) is 4.98. The molecule has 3 aliphatic carbocycles. The molecule has 2 bridgehead atoms. The Hall–Kier alpha value is -0.530. The summed E-state index contributed by atoms with van der Waals surface area (Å²) in [5.41, 5.74) is 0.585. The minimum atomic E-state index is -0.251. The van der Waals surface area contributed by atoms with Crippen LogP contribution in [0.5, 0.6) is 0 Å². The standard InChI is InChI=1S/C20H34O2/c1-7-13(2)17(21)22-19(6)10-11-20-12-16(19)18(4,5)15(20)9-8-14(20)3/h13-16H,7-12H2,1-6H3/t13?,14-,15?,16?,19-,20+/m1/s1. The molecule has 0 heterocycles. The molecule has 0 aromatic carbocycles. The van der Waals surface area contributed by atoms with Crippen molar-refractivity contribution in [1.29, 1.82) is 0 Å². The van der Waals surface area contributed by atoms with E-state index in [1.165, 1.54) is 25.7 Å². The Kier molecular flexibility index (Phi) is 3.70. The lowest BCUT2D eigenvalue weighted by atomic mass is 9.64. The Balaban J connectivity index is 1.88. The second-order valence-electron chi connectivity index (χ2n) is 9.39. The number of carbonyl (C=O) groups is 1. The smallest absolute Gasteiger partial charge is 0.309 e. The Bertz CT molecular complexity index is 468. The van der Waals surface area contributed by atoms with Crippen molar-refractivity contribution in [2.45, 2.75) is 85.7 Å². The fraction of sp³-hybridized carbons (Fsp3) is 0.950. The molecule has 126 valence electrons. The van der Waals surface area contributed by atoms with Crippen molar-refractivity contribution in [2.24, 2.45) is 34.5 Å². The largest absolute Gasteiger partial charge is 0.459 e. The number of hydrogen-bond acceptors (Lipinski definition) is 2. The molecule has 0 aromatic heterocycles. The van der Waals surface area contributed by atoms with Crippen LogP contribution in [0.3, 0.4) is 0 Å². The van der Waals surface area contributed by atoms with E-state index in [0.29, 0.717) is 16.7 Å². The van der Waals surface area contributed by atoms with Crippen molar-refractivity contribution in [1.82, 2.24) is 0 Å². The van der Waals surface area contributed by atoms with Gasteiger partial charge in [0, 0.05) is 5.92 Å². The van der Waals surface area contributed by atoms with Crippen molar-refractivity contribution in [3.05, 3.63) is 0 Å². The lowest BCUT2D eigenvalue weighted by Crippen LogP contribution is -2.48. The van der Waals surface area contributed by atoms with E-state index >= 15 is 0 Å². The molecule has 3 fully saturated rings. The van der Waals surface area contributed by atoms with Gasteiger partial charge in [-0.15, -0.1) is 0 Å². The molecule has 3 saturated carbocycles. The van der Waals surface area contributed by atoms with Gasteiger partial charge in [0.2, 0.25) is 0 Å². The molecule has 2 nitrogen and oxygen atoms in total. The van der Waals surface area contributed by atoms with Crippen LogP contribution in [-0.2, 0) is 9.53 Å². The van der Waals surface area contributed by atoms with Crippen molar-refractivity contribution >= 4 is 5.97 Å². The van der Waals surface area contributed by atoms with Gasteiger partial charge in [-0.2, -0.15) is 0 Å². The van der Waals surface area contributed by atoms with E-state index in [9.17, 15) is 4.79 Å². The zero-order chi connectivity index (χ0) is 16.3. The Morgan fingerprint density at radius 1 is 1.18 bits per heavy atom. The highest BCUT2D eigenvalue weighted by molar-refractivity contribution is 5.72. The predicted molar refractivity (Wildman–Crippen MR) is 89.4 cm³/mol. The maximum atomic E-state index is 12.4. The van der Waals surface area contributed by atoms with Crippen molar-refractivity contribution in [2.75, 3.05) is 0 Å². The first-order valence-corrected chi connectivity index (χ1v) is 9.40. The summed E-state index contributed by atoms with van der Waals surface area (Å²) in [6, 6.07) is 0. The van der Waals surface area contributed by atoms with E-state index in [-0.39, 0.29) is 17.5 Å². The number of carbonyl (C=O) groups excluding carboxylic acids is 1. The van der Waals surface area contributed by atoms with Crippen LogP contribution in [0.15, 0.2) is 0 Å². The minimum absolute atomic E-state index is 0.0156. The normalized spacial score (nSPS) is 47.1. The fourth-order valence-corrected chi connectivity index (χ4v) is 6.48. The van der Waals surface area contributed by atoms with E-state index in [1.54, 1.807) is 0 Å². The molecule has 3 unspecified atom stereocenters. The molecule has 0 aromatic rings. The number of fused-ring (bicyclic) bond motifs is 1. The average Bonchev–Trinajstić information content (AvgIpc) is 2.88. The van der Waals surface area contributed by atoms with Crippen LogP contribution in [0, 0.1) is 34.5 Å². The number of hydrogen-bond donors (Lipinski definition) is 0. The lowest BCUT2D eigenvalue weighted by molar-refractivity contribution is -0.178. The van der Waals surface area contributed by atoms with Gasteiger partial charge in [-0.05, 0) is 68.1 Å². The molecule has 0 aliphatic heterocycles. The van der Waals surface area contributed by atoms with Crippen molar-refractivity contribution < 1.29 is 9.53 Å². The minimum Gasteiger partial charge on any atom is -0.459 e. The molecule has 22 heavy (non-hydrogen) atoms. The SMILES string of the molecule is CCC(C)C(=O)O[C@]1(C)CC[C@@]23CC1C(C)(C)C2CC[C@H]3C. The van der Waals surface area contributed by atoms with E-state index < -0.39 is 0 Å². The van der Waals surface area contributed by atoms with E-state index in [0.717, 1.165) is 24.7 Å². The molecular formula is C20H34O2. The first-order chi connectivity index (χ1) is 10.2. The van der Waals surface area contributed by atoms with Gasteiger partial charge in [-0.1, -0.05) is 34.6 Å². The fourth-order valence-electron chi connectivity index (χ4n) is 6.48. The number of esters is 1. The summed E-state index contributed by atoms with van der Waals surface area (Å²) in [6.07, 6.45) is 7.22. The Morgan fingerprint density at radius 2 is 1.86 bits per heavy atom. The van der Waals surface area contributed by atoms with Crippen molar-refractivity contribution in [3.8, 4) is 0 Å². The summed E-state index contributed by atoms with van der Waals surface area (Å²) in [7, 11) is 0. The topological polar surface area (TPSA) is 26.3 Å². The van der Waals surface area contributed by atoms with Gasteiger partial charge in [-0.3, -0.25) is 4.79 Å². The summed E-state index contributed by atoms with van der Waals surface area (Å²) in [4.78, 5) is 12.4. The van der Waals surface area contributed by atoms with Gasteiger partial charge in [-0.25, -0.2) is 0 Å². The van der Waals surface area contributed by atoms with Crippen molar-refractivity contribution in [3.63, 3.8) is 0 Å². The molecule has 1 spiro atoms. The Morgan fingerprint density at radius 3 is 2.50 bits per heavy atom. The van der Waals surface area contributed by atoms with Gasteiger partial charge in [0.05, 0.1) is 5.92 Å². The van der Waals surface area contributed by atoms with Crippen LogP contribution in [-0.4, -0.2) is 11.6 Å². The van der Waals surface area contributed by atoms with Crippen LogP contribution in [0.25, 0.3) is 0 Å². The van der Waals surface area contributed by atoms with Gasteiger partial charge in [0.15, 0.2) is 0 Å². The molecule has 0 radical (unpaired) electrons. The maximum absolute atomic E-state index is 12.4. The van der Waals surface area contributed by atoms with Crippen LogP contribution < -0.4 is 0 Å². The first kappa shape index (κ1) is 16.3. The quantitative estimate of drug-likeness (QED) is 0.669. The summed E-state index contributed by atoms with van der Waals surface area (Å²) in [6.45, 7) is 13.6. The molecule has 3 rings (SSSR count). The Labute approximate surface area is 136 Å². The van der Waals surface area contributed by atoms with E-state index in [2.05, 4.69) is 34.6 Å². The molecular weight excluding hydrogens is 272 g/mol. The third kappa shape index (κ3) is 2.01. The highest BCUT2D eigenvalue weighted by Gasteiger charge is 2.68. The van der Waals surface area contributed by atoms with Crippen LogP contribution in [0.1, 0.15) is 80.1 Å².